The quantitative estimate of drug-likeness (QED) is 0.753. The van der Waals surface area contributed by atoms with Gasteiger partial charge in [0.25, 0.3) is 0 Å². The molecule has 0 aliphatic heterocycles. The summed E-state index contributed by atoms with van der Waals surface area (Å²) >= 11 is 0. The standard InChI is InChI=1S/C11H6F2NO/c12-8-4-3-5-9(11(8)13)15-10-6-1-2-7-14-10/h1-3,5-7H. The van der Waals surface area contributed by atoms with Gasteiger partial charge in [-0.15, -0.1) is 0 Å². The third kappa shape index (κ3) is 2.10. The number of hydrogen-bond acceptors (Lipinski definition) is 2. The van der Waals surface area contributed by atoms with Gasteiger partial charge in [0, 0.05) is 18.3 Å². The molecule has 15 heavy (non-hydrogen) atoms. The third-order valence-corrected chi connectivity index (χ3v) is 1.71. The molecule has 0 aliphatic rings. The highest BCUT2D eigenvalue weighted by molar-refractivity contribution is 5.28. The first kappa shape index (κ1) is 9.58. The molecule has 0 saturated heterocycles. The molecule has 1 radical (unpaired) electrons. The molecule has 2 aromatic rings. The van der Waals surface area contributed by atoms with E-state index in [-0.39, 0.29) is 11.6 Å². The zero-order valence-corrected chi connectivity index (χ0v) is 7.58. The van der Waals surface area contributed by atoms with Crippen LogP contribution in [0.4, 0.5) is 8.78 Å². The third-order valence-electron chi connectivity index (χ3n) is 1.71. The Morgan fingerprint density at radius 1 is 1.20 bits per heavy atom. The van der Waals surface area contributed by atoms with E-state index in [1.54, 1.807) is 18.2 Å². The van der Waals surface area contributed by atoms with Crippen molar-refractivity contribution >= 4 is 0 Å². The highest BCUT2D eigenvalue weighted by atomic mass is 19.2. The van der Waals surface area contributed by atoms with Crippen molar-refractivity contribution in [3.63, 3.8) is 0 Å². The Morgan fingerprint density at radius 2 is 2.07 bits per heavy atom. The van der Waals surface area contributed by atoms with Crippen LogP contribution in [0.15, 0.2) is 36.5 Å². The lowest BCUT2D eigenvalue weighted by atomic mass is 10.3. The molecule has 0 atom stereocenters. The highest BCUT2D eigenvalue weighted by Crippen LogP contribution is 2.23. The van der Waals surface area contributed by atoms with E-state index in [0.717, 1.165) is 0 Å². The van der Waals surface area contributed by atoms with E-state index in [1.165, 1.54) is 18.3 Å². The molecule has 0 aliphatic carbocycles. The zero-order chi connectivity index (χ0) is 10.7. The molecule has 0 amide bonds. The average Bonchev–Trinajstić information content (AvgIpc) is 2.26. The molecule has 0 N–H and O–H groups in total. The van der Waals surface area contributed by atoms with Gasteiger partial charge in [-0.3, -0.25) is 0 Å². The number of rotatable bonds is 2. The highest BCUT2D eigenvalue weighted by Gasteiger charge is 2.09. The summed E-state index contributed by atoms with van der Waals surface area (Å²) in [5, 5.41) is 0. The van der Waals surface area contributed by atoms with Crippen molar-refractivity contribution in [3.8, 4) is 11.6 Å². The van der Waals surface area contributed by atoms with Crippen LogP contribution in [-0.2, 0) is 0 Å². The van der Waals surface area contributed by atoms with E-state index < -0.39 is 11.6 Å². The summed E-state index contributed by atoms with van der Waals surface area (Å²) in [6.07, 6.45) is 1.50. The topological polar surface area (TPSA) is 22.1 Å². The number of pyridine rings is 1. The minimum Gasteiger partial charge on any atom is -0.436 e. The van der Waals surface area contributed by atoms with Crippen molar-refractivity contribution in [3.05, 3.63) is 54.2 Å². The van der Waals surface area contributed by atoms with Crippen LogP contribution in [0.2, 0.25) is 0 Å². The van der Waals surface area contributed by atoms with E-state index in [4.69, 9.17) is 4.74 Å². The molecule has 0 unspecified atom stereocenters. The van der Waals surface area contributed by atoms with Gasteiger partial charge in [0.2, 0.25) is 11.7 Å². The smallest absolute Gasteiger partial charge is 0.219 e. The van der Waals surface area contributed by atoms with Crippen molar-refractivity contribution in [2.75, 3.05) is 0 Å². The fourth-order valence-corrected chi connectivity index (χ4v) is 1.03. The zero-order valence-electron chi connectivity index (χ0n) is 7.58. The predicted molar refractivity (Wildman–Crippen MR) is 49.5 cm³/mol. The second-order valence-electron chi connectivity index (χ2n) is 2.74. The van der Waals surface area contributed by atoms with Crippen LogP contribution < -0.4 is 4.74 Å². The summed E-state index contributed by atoms with van der Waals surface area (Å²) < 4.78 is 30.9. The Kier molecular flexibility index (Phi) is 2.58. The average molecular weight is 206 g/mol. The molecule has 0 fully saturated rings. The minimum atomic E-state index is -1.07. The molecule has 75 valence electrons. The molecule has 0 bridgehead atoms. The van der Waals surface area contributed by atoms with Crippen LogP contribution in [0.3, 0.4) is 0 Å². The summed E-state index contributed by atoms with van der Waals surface area (Å²) in [5.41, 5.74) is 0. The summed E-state index contributed by atoms with van der Waals surface area (Å²) in [6.45, 7) is 0. The van der Waals surface area contributed by atoms with Gasteiger partial charge in [0.15, 0.2) is 11.6 Å². The fraction of sp³-hybridized carbons (Fsp3) is 0. The van der Waals surface area contributed by atoms with Crippen LogP contribution in [0.1, 0.15) is 0 Å². The summed E-state index contributed by atoms with van der Waals surface area (Å²) in [4.78, 5) is 3.82. The Bertz CT molecular complexity index is 459. The van der Waals surface area contributed by atoms with E-state index in [0.29, 0.717) is 0 Å². The monoisotopic (exact) mass is 206 g/mol. The van der Waals surface area contributed by atoms with Crippen LogP contribution in [0.5, 0.6) is 11.6 Å². The predicted octanol–water partition coefficient (Wildman–Crippen LogP) is 2.95. The first-order chi connectivity index (χ1) is 7.27. The van der Waals surface area contributed by atoms with Gasteiger partial charge in [-0.05, 0) is 18.2 Å². The summed E-state index contributed by atoms with van der Waals surface area (Å²) in [6, 6.07) is 9.55. The van der Waals surface area contributed by atoms with E-state index in [1.807, 2.05) is 0 Å². The van der Waals surface area contributed by atoms with Gasteiger partial charge < -0.3 is 4.74 Å². The van der Waals surface area contributed by atoms with Gasteiger partial charge >= 0.3 is 0 Å². The molecule has 0 spiro atoms. The second-order valence-corrected chi connectivity index (χ2v) is 2.74. The first-order valence-corrected chi connectivity index (χ1v) is 4.22. The number of hydrogen-bond donors (Lipinski definition) is 0. The van der Waals surface area contributed by atoms with Crippen molar-refractivity contribution in [2.24, 2.45) is 0 Å². The number of ether oxygens (including phenoxy) is 1. The lowest BCUT2D eigenvalue weighted by Crippen LogP contribution is -1.92. The maximum Gasteiger partial charge on any atom is 0.219 e. The Labute approximate surface area is 85.2 Å². The molecule has 2 rings (SSSR count). The molecular weight excluding hydrogens is 200 g/mol. The summed E-state index contributed by atoms with van der Waals surface area (Å²) in [5.74, 6) is -2.13. The number of aromatic nitrogens is 1. The van der Waals surface area contributed by atoms with Gasteiger partial charge in [-0.1, -0.05) is 6.07 Å². The number of halogens is 2. The Morgan fingerprint density at radius 3 is 2.80 bits per heavy atom. The van der Waals surface area contributed by atoms with E-state index in [9.17, 15) is 8.78 Å². The molecule has 1 aromatic heterocycles. The molecule has 1 heterocycles. The minimum absolute atomic E-state index is 0.204. The number of benzene rings is 1. The Hall–Kier alpha value is -1.97. The van der Waals surface area contributed by atoms with E-state index >= 15 is 0 Å². The maximum absolute atomic E-state index is 13.1. The van der Waals surface area contributed by atoms with Gasteiger partial charge in [-0.2, -0.15) is 4.39 Å². The lowest BCUT2D eigenvalue weighted by Gasteiger charge is -2.04. The molecular formula is C11H6F2NO. The van der Waals surface area contributed by atoms with Crippen molar-refractivity contribution in [1.29, 1.82) is 0 Å². The molecule has 2 nitrogen and oxygen atoms in total. The molecule has 1 aromatic carbocycles. The van der Waals surface area contributed by atoms with Gasteiger partial charge in [0.05, 0.1) is 0 Å². The first-order valence-electron chi connectivity index (χ1n) is 4.22. The largest absolute Gasteiger partial charge is 0.436 e. The second kappa shape index (κ2) is 4.04. The van der Waals surface area contributed by atoms with Crippen molar-refractivity contribution in [2.45, 2.75) is 0 Å². The molecule has 4 heteroatoms. The summed E-state index contributed by atoms with van der Waals surface area (Å²) in [7, 11) is 0. The lowest BCUT2D eigenvalue weighted by molar-refractivity contribution is 0.405. The van der Waals surface area contributed by atoms with Crippen LogP contribution in [-0.4, -0.2) is 4.98 Å². The molecule has 0 saturated carbocycles. The maximum atomic E-state index is 13.1. The van der Waals surface area contributed by atoms with Crippen molar-refractivity contribution < 1.29 is 13.5 Å². The fourth-order valence-electron chi connectivity index (χ4n) is 1.03. The van der Waals surface area contributed by atoms with Crippen LogP contribution >= 0.6 is 0 Å². The van der Waals surface area contributed by atoms with Crippen molar-refractivity contribution in [1.82, 2.24) is 4.98 Å². The Balaban J connectivity index is 2.29. The van der Waals surface area contributed by atoms with E-state index in [2.05, 4.69) is 11.1 Å². The normalized spacial score (nSPS) is 10.0. The van der Waals surface area contributed by atoms with Crippen LogP contribution in [0.25, 0.3) is 0 Å². The van der Waals surface area contributed by atoms with Gasteiger partial charge in [0.1, 0.15) is 0 Å². The van der Waals surface area contributed by atoms with Crippen LogP contribution in [0, 0.1) is 17.7 Å². The van der Waals surface area contributed by atoms with Gasteiger partial charge in [-0.25, -0.2) is 9.37 Å². The number of nitrogens with zero attached hydrogens (tertiary/aromatic N) is 1. The SMILES string of the molecule is Fc1[c]ccc(Oc2ccccn2)c1F.